The van der Waals surface area contributed by atoms with Crippen molar-refractivity contribution in [2.75, 3.05) is 57.4 Å². The maximum atomic E-state index is 14.4. The van der Waals surface area contributed by atoms with Gasteiger partial charge in [-0.05, 0) is 43.2 Å². The van der Waals surface area contributed by atoms with E-state index in [0.29, 0.717) is 46.9 Å². The molecule has 0 aliphatic carbocycles. The molecule has 2 saturated heterocycles. The van der Waals surface area contributed by atoms with Crippen molar-refractivity contribution in [1.29, 1.82) is 0 Å². The van der Waals surface area contributed by atoms with Gasteiger partial charge in [0.25, 0.3) is 11.8 Å². The van der Waals surface area contributed by atoms with Gasteiger partial charge >= 0.3 is 6.18 Å². The van der Waals surface area contributed by atoms with Gasteiger partial charge in [0, 0.05) is 62.5 Å². The number of alkyl halides is 3. The second-order valence-corrected chi connectivity index (χ2v) is 13.9. The van der Waals surface area contributed by atoms with Crippen LogP contribution in [0.15, 0.2) is 85.2 Å². The molecule has 3 aliphatic heterocycles. The van der Waals surface area contributed by atoms with Gasteiger partial charge in [-0.3, -0.25) is 29.1 Å². The summed E-state index contributed by atoms with van der Waals surface area (Å²) in [6.45, 7) is 13.4. The Labute approximate surface area is 316 Å². The molecule has 13 nitrogen and oxygen atoms in total. The van der Waals surface area contributed by atoms with Crippen LogP contribution in [0.5, 0.6) is 0 Å². The zero-order valence-corrected chi connectivity index (χ0v) is 30.5. The van der Waals surface area contributed by atoms with Crippen molar-refractivity contribution in [2.24, 2.45) is 0 Å². The van der Waals surface area contributed by atoms with Gasteiger partial charge in [-0.1, -0.05) is 49.0 Å². The van der Waals surface area contributed by atoms with E-state index in [1.165, 1.54) is 4.90 Å². The lowest BCUT2D eigenvalue weighted by molar-refractivity contribution is -0.141. The van der Waals surface area contributed by atoms with Crippen LogP contribution < -0.4 is 15.5 Å². The fourth-order valence-electron chi connectivity index (χ4n) is 7.32. The lowest BCUT2D eigenvalue weighted by Gasteiger charge is -2.42. The number of ether oxygens (including phenoxy) is 1. The van der Waals surface area contributed by atoms with Crippen LogP contribution in [0.1, 0.15) is 58.8 Å². The molecule has 4 aromatic rings. The molecule has 288 valence electrons. The SMILES string of the molecule is C=C(CN1CCN(C2COC2)CC1)C(=O)N[C@H](C)c1cccc([C@@H]2c3cnn(-c4ccccc4)c3N(CC)C(=O)[C@H]2NC(=O)c2nccc(C(F)(F)F)n2)c1. The number of rotatable bonds is 11. The molecule has 55 heavy (non-hydrogen) atoms. The van der Waals surface area contributed by atoms with Crippen LogP contribution in [0.3, 0.4) is 0 Å². The molecule has 7 rings (SSSR count). The maximum Gasteiger partial charge on any atom is 0.433 e. The summed E-state index contributed by atoms with van der Waals surface area (Å²) >= 11 is 0. The number of hydrogen-bond acceptors (Lipinski definition) is 9. The fraction of sp³-hybridized carbons (Fsp3) is 0.385. The van der Waals surface area contributed by atoms with E-state index in [1.807, 2.05) is 49.4 Å². The minimum absolute atomic E-state index is 0.210. The highest BCUT2D eigenvalue weighted by Crippen LogP contribution is 2.42. The first-order valence-corrected chi connectivity index (χ1v) is 18.2. The van der Waals surface area contributed by atoms with Crippen molar-refractivity contribution in [3.63, 3.8) is 0 Å². The van der Waals surface area contributed by atoms with Gasteiger partial charge < -0.3 is 15.4 Å². The van der Waals surface area contributed by atoms with Crippen molar-refractivity contribution in [1.82, 2.24) is 40.2 Å². The molecule has 2 fully saturated rings. The third-order valence-electron chi connectivity index (χ3n) is 10.4. The first kappa shape index (κ1) is 37.8. The van der Waals surface area contributed by atoms with Crippen LogP contribution in [-0.2, 0) is 20.5 Å². The van der Waals surface area contributed by atoms with Gasteiger partial charge in [0.15, 0.2) is 0 Å². The molecule has 3 atom stereocenters. The average molecular weight is 758 g/mol. The summed E-state index contributed by atoms with van der Waals surface area (Å²) in [5.41, 5.74) is 1.80. The third kappa shape index (κ3) is 7.88. The number of carbonyl (C=O) groups is 3. The quantitative estimate of drug-likeness (QED) is 0.220. The summed E-state index contributed by atoms with van der Waals surface area (Å²) in [7, 11) is 0. The lowest BCUT2D eigenvalue weighted by Crippen LogP contribution is -2.56. The molecule has 2 aromatic carbocycles. The van der Waals surface area contributed by atoms with E-state index in [9.17, 15) is 27.6 Å². The number of piperazine rings is 1. The number of carbonyl (C=O) groups excluding carboxylic acids is 3. The zero-order valence-electron chi connectivity index (χ0n) is 30.5. The van der Waals surface area contributed by atoms with Crippen molar-refractivity contribution in [2.45, 2.75) is 44.1 Å². The first-order valence-electron chi connectivity index (χ1n) is 18.2. The Morgan fingerprint density at radius 2 is 1.78 bits per heavy atom. The monoisotopic (exact) mass is 757 g/mol. The van der Waals surface area contributed by atoms with Crippen molar-refractivity contribution >= 4 is 23.5 Å². The van der Waals surface area contributed by atoms with Crippen LogP contribution in [0.2, 0.25) is 0 Å². The Morgan fingerprint density at radius 3 is 2.45 bits per heavy atom. The van der Waals surface area contributed by atoms with Gasteiger partial charge in [-0.25, -0.2) is 14.6 Å². The molecule has 0 spiro atoms. The summed E-state index contributed by atoms with van der Waals surface area (Å²) in [5, 5.41) is 10.4. The molecular formula is C39H42F3N9O4. The molecule has 0 unspecified atom stereocenters. The van der Waals surface area contributed by atoms with E-state index in [-0.39, 0.29) is 12.5 Å². The molecular weight excluding hydrogens is 715 g/mol. The standard InChI is InChI=1S/C39H42F3N9O4/c1-4-50-37-30(20-44-51(37)28-11-6-5-7-12-28)32(33(38(50)54)47-36(53)34-43-14-13-31(46-34)39(40,41)42)27-10-8-9-26(19-27)25(3)45-35(52)24(2)21-48-15-17-49(18-16-48)29-22-55-23-29/h5-14,19-20,25,29,32-33H,2,4,15-18,21-23H2,1,3H3,(H,45,52)(H,47,53)/t25-,32-,33+/m1/s1. The number of para-hydroxylation sites is 1. The highest BCUT2D eigenvalue weighted by molar-refractivity contribution is 6.04. The van der Waals surface area contributed by atoms with Crippen molar-refractivity contribution in [3.05, 3.63) is 113 Å². The van der Waals surface area contributed by atoms with Crippen LogP contribution in [-0.4, -0.2) is 112 Å². The number of hydrogen-bond donors (Lipinski definition) is 2. The highest BCUT2D eigenvalue weighted by atomic mass is 19.4. The molecule has 0 radical (unpaired) electrons. The number of nitrogens with zero attached hydrogens (tertiary/aromatic N) is 7. The number of amides is 3. The predicted molar refractivity (Wildman–Crippen MR) is 196 cm³/mol. The molecule has 5 heterocycles. The Hall–Kier alpha value is -5.45. The van der Waals surface area contributed by atoms with Crippen LogP contribution >= 0.6 is 0 Å². The Bertz CT molecular complexity index is 2060. The van der Waals surface area contributed by atoms with Gasteiger partial charge in [0.1, 0.15) is 17.6 Å². The average Bonchev–Trinajstić information content (AvgIpc) is 3.59. The summed E-state index contributed by atoms with van der Waals surface area (Å²) < 4.78 is 47.5. The van der Waals surface area contributed by atoms with E-state index >= 15 is 0 Å². The van der Waals surface area contributed by atoms with Gasteiger partial charge in [-0.2, -0.15) is 18.3 Å². The summed E-state index contributed by atoms with van der Waals surface area (Å²) in [4.78, 5) is 54.7. The van der Waals surface area contributed by atoms with Crippen LogP contribution in [0.25, 0.3) is 5.69 Å². The Kier molecular flexibility index (Phi) is 10.8. The summed E-state index contributed by atoms with van der Waals surface area (Å²) in [5.74, 6) is -2.89. The molecule has 0 bridgehead atoms. The number of benzene rings is 2. The Morgan fingerprint density at radius 1 is 1.04 bits per heavy atom. The molecule has 3 amide bonds. The van der Waals surface area contributed by atoms with Crippen molar-refractivity contribution < 1.29 is 32.3 Å². The van der Waals surface area contributed by atoms with Gasteiger partial charge in [0.05, 0.1) is 37.2 Å². The van der Waals surface area contributed by atoms with Gasteiger partial charge in [0.2, 0.25) is 11.7 Å². The zero-order chi connectivity index (χ0) is 38.9. The number of anilines is 1. The molecule has 2 N–H and O–H groups in total. The molecule has 0 saturated carbocycles. The van der Waals surface area contributed by atoms with Crippen LogP contribution in [0, 0.1) is 0 Å². The number of halogens is 3. The van der Waals surface area contributed by atoms with E-state index in [1.54, 1.807) is 29.9 Å². The minimum Gasteiger partial charge on any atom is -0.378 e. The number of likely N-dealkylation sites (N-methyl/N-ethyl adjacent to an activating group) is 1. The maximum absolute atomic E-state index is 14.4. The topological polar surface area (TPSA) is 138 Å². The first-order chi connectivity index (χ1) is 26.4. The number of aromatic nitrogens is 4. The second kappa shape index (κ2) is 15.7. The Balaban J connectivity index is 1.16. The molecule has 16 heteroatoms. The smallest absolute Gasteiger partial charge is 0.378 e. The largest absolute Gasteiger partial charge is 0.433 e. The third-order valence-corrected chi connectivity index (χ3v) is 10.4. The van der Waals surface area contributed by atoms with E-state index in [4.69, 9.17) is 4.74 Å². The summed E-state index contributed by atoms with van der Waals surface area (Å²) in [6, 6.07) is 15.9. The number of nitrogens with one attached hydrogen (secondary N) is 2. The lowest BCUT2D eigenvalue weighted by atomic mass is 9.81. The number of fused-ring (bicyclic) bond motifs is 1. The van der Waals surface area contributed by atoms with E-state index in [0.717, 1.165) is 51.2 Å². The van der Waals surface area contributed by atoms with E-state index in [2.05, 4.69) is 42.1 Å². The van der Waals surface area contributed by atoms with Gasteiger partial charge in [-0.15, -0.1) is 0 Å². The normalized spacial score (nSPS) is 20.0. The van der Waals surface area contributed by atoms with Crippen molar-refractivity contribution in [3.8, 4) is 5.69 Å². The summed E-state index contributed by atoms with van der Waals surface area (Å²) in [6.07, 6.45) is -2.32. The van der Waals surface area contributed by atoms with E-state index < -0.39 is 47.5 Å². The second-order valence-electron chi connectivity index (χ2n) is 13.9. The van der Waals surface area contributed by atoms with Crippen LogP contribution in [0.4, 0.5) is 19.0 Å². The highest BCUT2D eigenvalue weighted by Gasteiger charge is 2.45. The molecule has 3 aliphatic rings. The predicted octanol–water partition coefficient (Wildman–Crippen LogP) is 3.73. The molecule has 2 aromatic heterocycles. The fourth-order valence-corrected chi connectivity index (χ4v) is 7.32. The minimum atomic E-state index is -4.80.